The van der Waals surface area contributed by atoms with E-state index in [1.807, 2.05) is 12.1 Å². The minimum atomic E-state index is 0.252. The van der Waals surface area contributed by atoms with Crippen LogP contribution in [-0.4, -0.2) is 13.7 Å². The molecule has 0 radical (unpaired) electrons. The van der Waals surface area contributed by atoms with Gasteiger partial charge in [0, 0.05) is 21.2 Å². The smallest absolute Gasteiger partial charge is 0.124 e. The minimum Gasteiger partial charge on any atom is -0.497 e. The Morgan fingerprint density at radius 1 is 1.24 bits per heavy atom. The number of methoxy groups -OCH3 is 1. The zero-order valence-electron chi connectivity index (χ0n) is 12.2. The summed E-state index contributed by atoms with van der Waals surface area (Å²) in [6.07, 6.45) is 0.949. The van der Waals surface area contributed by atoms with Gasteiger partial charge in [0.05, 0.1) is 19.8 Å². The highest BCUT2D eigenvalue weighted by Crippen LogP contribution is 2.36. The first-order chi connectivity index (χ1) is 10.2. The van der Waals surface area contributed by atoms with Crippen molar-refractivity contribution in [3.63, 3.8) is 0 Å². The van der Waals surface area contributed by atoms with Crippen LogP contribution in [0, 0.1) is 10.5 Å². The Morgan fingerprint density at radius 2 is 2.10 bits per heavy atom. The van der Waals surface area contributed by atoms with Gasteiger partial charge in [-0.25, -0.2) is 0 Å². The number of hydrogen-bond acceptors (Lipinski definition) is 3. The number of fused-ring (bicyclic) bond motifs is 1. The van der Waals surface area contributed by atoms with Crippen LogP contribution in [0.25, 0.3) is 0 Å². The van der Waals surface area contributed by atoms with Gasteiger partial charge in [0.1, 0.15) is 11.5 Å². The molecule has 3 nitrogen and oxygen atoms in total. The van der Waals surface area contributed by atoms with Crippen molar-refractivity contribution in [3.8, 4) is 11.5 Å². The highest BCUT2D eigenvalue weighted by Gasteiger charge is 2.22. The SMILES string of the molecule is COc1ccc2c(c1)C(Nc1ccc(C)c(I)c1)CCO2. The predicted octanol–water partition coefficient (Wildman–Crippen LogP) is 4.54. The van der Waals surface area contributed by atoms with E-state index in [1.54, 1.807) is 7.11 Å². The molecule has 0 amide bonds. The van der Waals surface area contributed by atoms with Gasteiger partial charge in [-0.3, -0.25) is 0 Å². The lowest BCUT2D eigenvalue weighted by atomic mass is 9.99. The van der Waals surface area contributed by atoms with E-state index in [4.69, 9.17) is 9.47 Å². The number of nitrogens with one attached hydrogen (secondary N) is 1. The highest BCUT2D eigenvalue weighted by atomic mass is 127. The van der Waals surface area contributed by atoms with Crippen molar-refractivity contribution < 1.29 is 9.47 Å². The molecule has 2 aromatic carbocycles. The van der Waals surface area contributed by atoms with Gasteiger partial charge in [-0.1, -0.05) is 6.07 Å². The van der Waals surface area contributed by atoms with E-state index in [1.165, 1.54) is 9.13 Å². The van der Waals surface area contributed by atoms with Crippen LogP contribution in [0.3, 0.4) is 0 Å². The van der Waals surface area contributed by atoms with E-state index in [2.05, 4.69) is 59.1 Å². The Balaban J connectivity index is 1.88. The number of ether oxygens (including phenoxy) is 2. The molecule has 0 aliphatic carbocycles. The van der Waals surface area contributed by atoms with Gasteiger partial charge in [0.15, 0.2) is 0 Å². The van der Waals surface area contributed by atoms with E-state index in [0.29, 0.717) is 0 Å². The van der Waals surface area contributed by atoms with Gasteiger partial charge in [0.25, 0.3) is 0 Å². The second kappa shape index (κ2) is 6.13. The summed E-state index contributed by atoms with van der Waals surface area (Å²) in [5.74, 6) is 1.81. The molecule has 4 heteroatoms. The first-order valence-corrected chi connectivity index (χ1v) is 8.08. The number of anilines is 1. The summed E-state index contributed by atoms with van der Waals surface area (Å²) < 4.78 is 12.3. The molecule has 1 heterocycles. The molecule has 1 unspecified atom stereocenters. The van der Waals surface area contributed by atoms with Crippen LogP contribution in [0.15, 0.2) is 36.4 Å². The maximum atomic E-state index is 5.74. The number of halogens is 1. The molecule has 1 N–H and O–H groups in total. The number of hydrogen-bond donors (Lipinski definition) is 1. The predicted molar refractivity (Wildman–Crippen MR) is 93.4 cm³/mol. The first-order valence-electron chi connectivity index (χ1n) is 7.01. The molecule has 0 aromatic heterocycles. The molecule has 0 saturated carbocycles. The third-order valence-electron chi connectivity index (χ3n) is 3.77. The van der Waals surface area contributed by atoms with Gasteiger partial charge in [-0.15, -0.1) is 0 Å². The standard InChI is InChI=1S/C17H18INO2/c1-11-3-4-12(9-15(11)18)19-16-7-8-21-17-6-5-13(20-2)10-14(16)17/h3-6,9-10,16,19H,7-8H2,1-2H3. The van der Waals surface area contributed by atoms with Crippen LogP contribution in [0.2, 0.25) is 0 Å². The second-order valence-electron chi connectivity index (χ2n) is 5.20. The van der Waals surface area contributed by atoms with Crippen LogP contribution in [0.1, 0.15) is 23.6 Å². The first kappa shape index (κ1) is 14.5. The Bertz CT molecular complexity index is 657. The van der Waals surface area contributed by atoms with E-state index < -0.39 is 0 Å². The molecular formula is C17H18INO2. The maximum absolute atomic E-state index is 5.74. The fourth-order valence-electron chi connectivity index (χ4n) is 2.53. The third kappa shape index (κ3) is 3.10. The Morgan fingerprint density at radius 3 is 2.86 bits per heavy atom. The van der Waals surface area contributed by atoms with Gasteiger partial charge < -0.3 is 14.8 Å². The van der Waals surface area contributed by atoms with Crippen molar-refractivity contribution >= 4 is 28.3 Å². The average Bonchev–Trinajstić information content (AvgIpc) is 2.51. The molecule has 0 fully saturated rings. The maximum Gasteiger partial charge on any atom is 0.124 e. The van der Waals surface area contributed by atoms with Crippen molar-refractivity contribution in [1.29, 1.82) is 0 Å². The third-order valence-corrected chi connectivity index (χ3v) is 4.93. The molecule has 2 aromatic rings. The summed E-state index contributed by atoms with van der Waals surface area (Å²) in [4.78, 5) is 0. The van der Waals surface area contributed by atoms with Crippen LogP contribution >= 0.6 is 22.6 Å². The average molecular weight is 395 g/mol. The molecular weight excluding hydrogens is 377 g/mol. The molecule has 110 valence electrons. The van der Waals surface area contributed by atoms with Gasteiger partial charge in [-0.2, -0.15) is 0 Å². The highest BCUT2D eigenvalue weighted by molar-refractivity contribution is 14.1. The van der Waals surface area contributed by atoms with Crippen LogP contribution < -0.4 is 14.8 Å². The zero-order chi connectivity index (χ0) is 14.8. The minimum absolute atomic E-state index is 0.252. The van der Waals surface area contributed by atoms with E-state index in [-0.39, 0.29) is 6.04 Å². The Hall–Kier alpha value is -1.43. The molecule has 0 bridgehead atoms. The van der Waals surface area contributed by atoms with Gasteiger partial charge in [0.2, 0.25) is 0 Å². The summed E-state index contributed by atoms with van der Waals surface area (Å²) in [5.41, 5.74) is 3.61. The molecule has 0 saturated heterocycles. The van der Waals surface area contributed by atoms with E-state index in [9.17, 15) is 0 Å². The van der Waals surface area contributed by atoms with Crippen molar-refractivity contribution in [2.75, 3.05) is 19.0 Å². The van der Waals surface area contributed by atoms with Crippen LogP contribution in [-0.2, 0) is 0 Å². The summed E-state index contributed by atoms with van der Waals surface area (Å²) >= 11 is 2.37. The lowest BCUT2D eigenvalue weighted by molar-refractivity contribution is 0.273. The monoisotopic (exact) mass is 395 g/mol. The lowest BCUT2D eigenvalue weighted by Gasteiger charge is -2.28. The molecule has 1 atom stereocenters. The lowest BCUT2D eigenvalue weighted by Crippen LogP contribution is -2.20. The van der Waals surface area contributed by atoms with Crippen molar-refractivity contribution in [2.24, 2.45) is 0 Å². The zero-order valence-corrected chi connectivity index (χ0v) is 14.3. The van der Waals surface area contributed by atoms with Crippen molar-refractivity contribution in [1.82, 2.24) is 0 Å². The van der Waals surface area contributed by atoms with Crippen molar-refractivity contribution in [2.45, 2.75) is 19.4 Å². The Kier molecular flexibility index (Phi) is 4.24. The summed E-state index contributed by atoms with van der Waals surface area (Å²) in [6, 6.07) is 12.7. The quantitative estimate of drug-likeness (QED) is 0.774. The molecule has 1 aliphatic rings. The normalized spacial score (nSPS) is 16.8. The summed E-state index contributed by atoms with van der Waals surface area (Å²) in [7, 11) is 1.69. The molecule has 21 heavy (non-hydrogen) atoms. The molecule has 1 aliphatic heterocycles. The second-order valence-corrected chi connectivity index (χ2v) is 6.36. The van der Waals surface area contributed by atoms with Crippen LogP contribution in [0.5, 0.6) is 11.5 Å². The van der Waals surface area contributed by atoms with E-state index in [0.717, 1.165) is 35.8 Å². The number of aryl methyl sites for hydroxylation is 1. The largest absolute Gasteiger partial charge is 0.497 e. The fraction of sp³-hybridized carbons (Fsp3) is 0.294. The van der Waals surface area contributed by atoms with Crippen molar-refractivity contribution in [3.05, 3.63) is 51.1 Å². The fourth-order valence-corrected chi connectivity index (χ4v) is 3.05. The number of rotatable bonds is 3. The molecule has 3 rings (SSSR count). The van der Waals surface area contributed by atoms with Gasteiger partial charge in [-0.05, 0) is 65.4 Å². The Labute approximate surface area is 138 Å². The molecule has 0 spiro atoms. The summed E-state index contributed by atoms with van der Waals surface area (Å²) in [6.45, 7) is 2.86. The van der Waals surface area contributed by atoms with E-state index >= 15 is 0 Å². The van der Waals surface area contributed by atoms with Crippen LogP contribution in [0.4, 0.5) is 5.69 Å². The van der Waals surface area contributed by atoms with Gasteiger partial charge >= 0.3 is 0 Å². The summed E-state index contributed by atoms with van der Waals surface area (Å²) in [5, 5.41) is 3.62. The number of benzene rings is 2. The topological polar surface area (TPSA) is 30.5 Å².